The van der Waals surface area contributed by atoms with Gasteiger partial charge < -0.3 is 20.4 Å². The fourth-order valence-corrected chi connectivity index (χ4v) is 1.54. The van der Waals surface area contributed by atoms with E-state index in [0.29, 0.717) is 18.8 Å². The van der Waals surface area contributed by atoms with Crippen LogP contribution in [0.3, 0.4) is 0 Å². The van der Waals surface area contributed by atoms with Gasteiger partial charge in [-0.3, -0.25) is 4.79 Å². The topological polar surface area (TPSA) is 83.4 Å². The lowest BCUT2D eigenvalue weighted by molar-refractivity contribution is 0.0926. The van der Waals surface area contributed by atoms with Gasteiger partial charge in [-0.15, -0.1) is 0 Å². The van der Waals surface area contributed by atoms with Crippen LogP contribution in [-0.2, 0) is 0 Å². The van der Waals surface area contributed by atoms with Crippen LogP contribution in [0.5, 0.6) is 0 Å². The molecule has 2 rings (SSSR count). The van der Waals surface area contributed by atoms with E-state index in [2.05, 4.69) is 16.0 Å². The molecule has 0 spiro atoms. The Morgan fingerprint density at radius 1 is 0.950 bits per heavy atom. The van der Waals surface area contributed by atoms with Crippen LogP contribution in [0.4, 0.5) is 10.5 Å². The maximum atomic E-state index is 11.5. The third kappa shape index (κ3) is 4.16. The Kier molecular flexibility index (Phi) is 4.77. The zero-order valence-electron chi connectivity index (χ0n) is 10.8. The molecule has 104 valence electrons. The van der Waals surface area contributed by atoms with Gasteiger partial charge in [0.05, 0.1) is 6.26 Å². The molecule has 0 unspecified atom stereocenters. The number of urea groups is 1. The molecule has 0 aliphatic rings. The second-order valence-electron chi connectivity index (χ2n) is 3.98. The van der Waals surface area contributed by atoms with Gasteiger partial charge >= 0.3 is 6.03 Å². The molecular formula is C14H15N3O3. The minimum Gasteiger partial charge on any atom is -0.459 e. The lowest BCUT2D eigenvalue weighted by atomic mass is 10.3. The largest absolute Gasteiger partial charge is 0.459 e. The SMILES string of the molecule is O=C(NCCNC(=O)c1ccco1)Nc1ccccc1. The molecule has 3 N–H and O–H groups in total. The van der Waals surface area contributed by atoms with Crippen molar-refractivity contribution in [2.75, 3.05) is 18.4 Å². The molecule has 6 nitrogen and oxygen atoms in total. The summed E-state index contributed by atoms with van der Waals surface area (Å²) in [5, 5.41) is 7.94. The maximum absolute atomic E-state index is 11.5. The molecule has 0 fully saturated rings. The van der Waals surface area contributed by atoms with Gasteiger partial charge in [0, 0.05) is 18.8 Å². The number of hydrogen-bond donors (Lipinski definition) is 3. The van der Waals surface area contributed by atoms with E-state index in [9.17, 15) is 9.59 Å². The molecule has 3 amide bonds. The predicted octanol–water partition coefficient (Wildman–Crippen LogP) is 1.83. The first-order chi connectivity index (χ1) is 9.75. The molecule has 1 heterocycles. The predicted molar refractivity (Wildman–Crippen MR) is 74.5 cm³/mol. The van der Waals surface area contributed by atoms with Crippen molar-refractivity contribution in [1.82, 2.24) is 10.6 Å². The zero-order chi connectivity index (χ0) is 14.2. The number of furan rings is 1. The monoisotopic (exact) mass is 273 g/mol. The van der Waals surface area contributed by atoms with E-state index in [-0.39, 0.29) is 17.7 Å². The van der Waals surface area contributed by atoms with Gasteiger partial charge in [0.2, 0.25) is 0 Å². The summed E-state index contributed by atoms with van der Waals surface area (Å²) in [6, 6.07) is 12.0. The highest BCUT2D eigenvalue weighted by molar-refractivity contribution is 5.91. The van der Waals surface area contributed by atoms with E-state index in [1.54, 1.807) is 24.3 Å². The van der Waals surface area contributed by atoms with Crippen molar-refractivity contribution in [3.8, 4) is 0 Å². The fourth-order valence-electron chi connectivity index (χ4n) is 1.54. The van der Waals surface area contributed by atoms with Gasteiger partial charge in [-0.05, 0) is 24.3 Å². The lowest BCUT2D eigenvalue weighted by Crippen LogP contribution is -2.36. The summed E-state index contributed by atoms with van der Waals surface area (Å²) in [6.45, 7) is 0.646. The maximum Gasteiger partial charge on any atom is 0.319 e. The molecule has 0 bridgehead atoms. The molecule has 20 heavy (non-hydrogen) atoms. The number of anilines is 1. The number of amides is 3. The second kappa shape index (κ2) is 6.98. The minimum atomic E-state index is -0.316. The summed E-state index contributed by atoms with van der Waals surface area (Å²) in [6.07, 6.45) is 1.43. The van der Waals surface area contributed by atoms with Gasteiger partial charge in [-0.1, -0.05) is 18.2 Å². The Hall–Kier alpha value is -2.76. The van der Waals surface area contributed by atoms with Gasteiger partial charge in [-0.25, -0.2) is 4.79 Å². The van der Waals surface area contributed by atoms with Crippen LogP contribution in [0.2, 0.25) is 0 Å². The first-order valence-corrected chi connectivity index (χ1v) is 6.17. The molecule has 0 radical (unpaired) electrons. The molecule has 0 aliphatic carbocycles. The summed E-state index contributed by atoms with van der Waals surface area (Å²) in [7, 11) is 0. The normalized spacial score (nSPS) is 9.80. The van der Waals surface area contributed by atoms with Crippen molar-refractivity contribution in [1.29, 1.82) is 0 Å². The molecule has 0 atom stereocenters. The number of para-hydroxylation sites is 1. The third-order valence-electron chi connectivity index (χ3n) is 2.47. The Bertz CT molecular complexity index is 552. The number of rotatable bonds is 5. The minimum absolute atomic E-state index is 0.249. The van der Waals surface area contributed by atoms with Crippen LogP contribution in [0.15, 0.2) is 53.1 Å². The van der Waals surface area contributed by atoms with E-state index in [4.69, 9.17) is 4.42 Å². The Labute approximate surface area is 116 Å². The van der Waals surface area contributed by atoms with Crippen molar-refractivity contribution in [2.45, 2.75) is 0 Å². The number of hydrogen-bond acceptors (Lipinski definition) is 3. The summed E-state index contributed by atoms with van der Waals surface area (Å²) >= 11 is 0. The first kappa shape index (κ1) is 13.7. The summed E-state index contributed by atoms with van der Waals surface area (Å²) < 4.78 is 4.94. The molecule has 1 aromatic heterocycles. The molecule has 1 aromatic carbocycles. The van der Waals surface area contributed by atoms with Crippen molar-refractivity contribution in [3.63, 3.8) is 0 Å². The van der Waals surface area contributed by atoms with Crippen molar-refractivity contribution < 1.29 is 14.0 Å². The average molecular weight is 273 g/mol. The van der Waals surface area contributed by atoms with Crippen LogP contribution in [-0.4, -0.2) is 25.0 Å². The van der Waals surface area contributed by atoms with Crippen molar-refractivity contribution in [3.05, 3.63) is 54.5 Å². The third-order valence-corrected chi connectivity index (χ3v) is 2.47. The summed E-state index contributed by atoms with van der Waals surface area (Å²) in [5.74, 6) is -0.0565. The lowest BCUT2D eigenvalue weighted by Gasteiger charge is -2.07. The standard InChI is InChI=1S/C14H15N3O3/c18-13(12-7-4-10-20-12)15-8-9-16-14(19)17-11-5-2-1-3-6-11/h1-7,10H,8-9H2,(H,15,18)(H2,16,17,19). The van der Waals surface area contributed by atoms with Crippen LogP contribution in [0.1, 0.15) is 10.6 Å². The van der Waals surface area contributed by atoms with Crippen LogP contribution < -0.4 is 16.0 Å². The number of carbonyl (C=O) groups is 2. The van der Waals surface area contributed by atoms with Gasteiger partial charge in [0.25, 0.3) is 5.91 Å². The van der Waals surface area contributed by atoms with E-state index in [1.165, 1.54) is 6.26 Å². The Morgan fingerprint density at radius 3 is 2.40 bits per heavy atom. The van der Waals surface area contributed by atoms with Crippen molar-refractivity contribution >= 4 is 17.6 Å². The van der Waals surface area contributed by atoms with E-state index < -0.39 is 0 Å². The molecular weight excluding hydrogens is 258 g/mol. The zero-order valence-corrected chi connectivity index (χ0v) is 10.8. The van der Waals surface area contributed by atoms with Crippen LogP contribution in [0, 0.1) is 0 Å². The van der Waals surface area contributed by atoms with Crippen LogP contribution in [0.25, 0.3) is 0 Å². The first-order valence-electron chi connectivity index (χ1n) is 6.17. The molecule has 0 aliphatic heterocycles. The Morgan fingerprint density at radius 2 is 1.70 bits per heavy atom. The molecule has 0 saturated carbocycles. The second-order valence-corrected chi connectivity index (χ2v) is 3.98. The smallest absolute Gasteiger partial charge is 0.319 e. The average Bonchev–Trinajstić information content (AvgIpc) is 2.99. The highest BCUT2D eigenvalue weighted by Gasteiger charge is 2.07. The van der Waals surface area contributed by atoms with E-state index in [0.717, 1.165) is 0 Å². The molecule has 2 aromatic rings. The van der Waals surface area contributed by atoms with Gasteiger partial charge in [0.1, 0.15) is 0 Å². The quantitative estimate of drug-likeness (QED) is 0.727. The molecule has 0 saturated heterocycles. The van der Waals surface area contributed by atoms with Gasteiger partial charge in [-0.2, -0.15) is 0 Å². The van der Waals surface area contributed by atoms with Crippen LogP contribution >= 0.6 is 0 Å². The fraction of sp³-hybridized carbons (Fsp3) is 0.143. The van der Waals surface area contributed by atoms with Gasteiger partial charge in [0.15, 0.2) is 5.76 Å². The number of carbonyl (C=O) groups excluding carboxylic acids is 2. The van der Waals surface area contributed by atoms with Crippen molar-refractivity contribution in [2.24, 2.45) is 0 Å². The highest BCUT2D eigenvalue weighted by atomic mass is 16.3. The Balaban J connectivity index is 1.64. The summed E-state index contributed by atoms with van der Waals surface area (Å²) in [5.41, 5.74) is 0.713. The van der Waals surface area contributed by atoms with E-state index >= 15 is 0 Å². The number of nitrogens with one attached hydrogen (secondary N) is 3. The number of benzene rings is 1. The van der Waals surface area contributed by atoms with E-state index in [1.807, 2.05) is 18.2 Å². The molecule has 6 heteroatoms. The summed E-state index contributed by atoms with van der Waals surface area (Å²) in [4.78, 5) is 23.0. The highest BCUT2D eigenvalue weighted by Crippen LogP contribution is 2.03.